The summed E-state index contributed by atoms with van der Waals surface area (Å²) in [4.78, 5) is 12.6. The molecule has 8 heteroatoms. The summed E-state index contributed by atoms with van der Waals surface area (Å²) in [6, 6.07) is 6.20. The van der Waals surface area contributed by atoms with Crippen LogP contribution in [0.5, 0.6) is 0 Å². The van der Waals surface area contributed by atoms with Crippen molar-refractivity contribution < 1.29 is 13.2 Å². The van der Waals surface area contributed by atoms with E-state index in [0.29, 0.717) is 12.1 Å². The highest BCUT2D eigenvalue weighted by Gasteiger charge is 2.29. The third kappa shape index (κ3) is 6.44. The molecule has 3 N–H and O–H groups in total. The molecule has 1 saturated carbocycles. The number of benzene rings is 1. The van der Waals surface area contributed by atoms with Crippen molar-refractivity contribution in [1.29, 1.82) is 0 Å². The zero-order valence-corrected chi connectivity index (χ0v) is 18.5. The number of nitrogens with two attached hydrogens (primary N) is 1. The first-order chi connectivity index (χ1) is 12.9. The van der Waals surface area contributed by atoms with Gasteiger partial charge in [0.25, 0.3) is 5.91 Å². The fraction of sp³-hybridized carbons (Fsp3) is 0.650. The van der Waals surface area contributed by atoms with Gasteiger partial charge in [-0.1, -0.05) is 39.0 Å². The number of unbranched alkanes of at least 4 members (excludes halogenated alkanes) is 1. The minimum Gasteiger partial charge on any atom is -0.348 e. The van der Waals surface area contributed by atoms with Gasteiger partial charge in [-0.2, -0.15) is 4.31 Å². The molecule has 0 radical (unpaired) electrons. The summed E-state index contributed by atoms with van der Waals surface area (Å²) in [5.41, 5.74) is 6.17. The molecule has 0 bridgehead atoms. The summed E-state index contributed by atoms with van der Waals surface area (Å²) >= 11 is 0. The Kier molecular flexibility index (Phi) is 10.4. The van der Waals surface area contributed by atoms with Crippen molar-refractivity contribution in [2.24, 2.45) is 5.73 Å². The molecule has 6 nitrogen and oxygen atoms in total. The van der Waals surface area contributed by atoms with Crippen molar-refractivity contribution in [3.8, 4) is 0 Å². The van der Waals surface area contributed by atoms with Crippen molar-refractivity contribution in [1.82, 2.24) is 9.62 Å². The highest BCUT2D eigenvalue weighted by Crippen LogP contribution is 2.26. The second kappa shape index (κ2) is 11.8. The molecule has 1 unspecified atom stereocenters. The van der Waals surface area contributed by atoms with Gasteiger partial charge in [-0.15, -0.1) is 12.4 Å². The predicted molar refractivity (Wildman–Crippen MR) is 115 cm³/mol. The predicted octanol–water partition coefficient (Wildman–Crippen LogP) is 3.31. The van der Waals surface area contributed by atoms with Crippen molar-refractivity contribution in [3.05, 3.63) is 29.8 Å². The molecule has 1 aromatic rings. The van der Waals surface area contributed by atoms with E-state index < -0.39 is 10.0 Å². The molecule has 0 aliphatic heterocycles. The number of nitrogens with one attached hydrogen (secondary N) is 1. The van der Waals surface area contributed by atoms with Crippen LogP contribution in [0.25, 0.3) is 0 Å². The number of carbonyl (C=O) groups excluding carboxylic acids is 1. The molecule has 1 aromatic carbocycles. The fourth-order valence-corrected chi connectivity index (χ4v) is 4.97. The van der Waals surface area contributed by atoms with E-state index in [1.807, 2.05) is 0 Å². The molecular weight excluding hydrogens is 398 g/mol. The third-order valence-corrected chi connectivity index (χ3v) is 7.33. The lowest BCUT2D eigenvalue weighted by Gasteiger charge is -2.30. The molecule has 0 heterocycles. The van der Waals surface area contributed by atoms with Gasteiger partial charge in [-0.3, -0.25) is 4.79 Å². The number of halogens is 1. The van der Waals surface area contributed by atoms with E-state index in [0.717, 1.165) is 44.9 Å². The lowest BCUT2D eigenvalue weighted by atomic mass is 9.96. The van der Waals surface area contributed by atoms with Crippen molar-refractivity contribution in [2.75, 3.05) is 13.6 Å². The second-order valence-electron chi connectivity index (χ2n) is 7.39. The third-order valence-electron chi connectivity index (χ3n) is 5.41. The number of hydrogen-bond acceptors (Lipinski definition) is 4. The van der Waals surface area contributed by atoms with E-state index in [1.165, 1.54) is 22.9 Å². The van der Waals surface area contributed by atoms with E-state index in [9.17, 15) is 13.2 Å². The summed E-state index contributed by atoms with van der Waals surface area (Å²) in [5, 5.41) is 2.93. The second-order valence-corrected chi connectivity index (χ2v) is 9.38. The SMILES string of the molecule is CCCCC(CN)NC(=O)c1ccc(S(=O)(=O)N(C)C2CCCCC2)cc1.Cl. The van der Waals surface area contributed by atoms with Gasteiger partial charge in [0.15, 0.2) is 0 Å². The molecule has 1 fully saturated rings. The van der Waals surface area contributed by atoms with E-state index in [2.05, 4.69) is 12.2 Å². The summed E-state index contributed by atoms with van der Waals surface area (Å²) < 4.78 is 27.2. The molecule has 0 saturated heterocycles. The van der Waals surface area contributed by atoms with Gasteiger partial charge < -0.3 is 11.1 Å². The zero-order chi connectivity index (χ0) is 19.9. The van der Waals surface area contributed by atoms with Gasteiger partial charge >= 0.3 is 0 Å². The van der Waals surface area contributed by atoms with Gasteiger partial charge in [0.05, 0.1) is 4.90 Å². The van der Waals surface area contributed by atoms with Crippen LogP contribution in [-0.2, 0) is 10.0 Å². The Balaban J connectivity index is 0.00000392. The van der Waals surface area contributed by atoms with Crippen LogP contribution in [0.4, 0.5) is 0 Å². The van der Waals surface area contributed by atoms with E-state index >= 15 is 0 Å². The normalized spacial score (nSPS) is 16.4. The highest BCUT2D eigenvalue weighted by molar-refractivity contribution is 7.89. The maximum Gasteiger partial charge on any atom is 0.251 e. The van der Waals surface area contributed by atoms with Crippen molar-refractivity contribution in [3.63, 3.8) is 0 Å². The number of carbonyl (C=O) groups is 1. The largest absolute Gasteiger partial charge is 0.348 e. The van der Waals surface area contributed by atoms with Crippen LogP contribution in [0.1, 0.15) is 68.6 Å². The van der Waals surface area contributed by atoms with Gasteiger partial charge in [0.2, 0.25) is 10.0 Å². The van der Waals surface area contributed by atoms with Crippen LogP contribution in [0.15, 0.2) is 29.2 Å². The van der Waals surface area contributed by atoms with Crippen LogP contribution in [0, 0.1) is 0 Å². The molecule has 28 heavy (non-hydrogen) atoms. The summed E-state index contributed by atoms with van der Waals surface area (Å²) in [7, 11) is -1.88. The average Bonchev–Trinajstić information content (AvgIpc) is 2.71. The van der Waals surface area contributed by atoms with Crippen molar-refractivity contribution >= 4 is 28.3 Å². The first kappa shape index (κ1) is 24.9. The molecule has 1 amide bonds. The number of amides is 1. The number of hydrogen-bond donors (Lipinski definition) is 2. The van der Waals surface area contributed by atoms with Crippen molar-refractivity contribution in [2.45, 2.75) is 75.3 Å². The first-order valence-corrected chi connectivity index (χ1v) is 11.4. The molecular formula is C20H34ClN3O3S. The number of rotatable bonds is 9. The summed E-state index contributed by atoms with van der Waals surface area (Å²) in [6.07, 6.45) is 8.05. The number of sulfonamides is 1. The Bertz CT molecular complexity index is 704. The Morgan fingerprint density at radius 3 is 2.36 bits per heavy atom. The first-order valence-electron chi connectivity index (χ1n) is 9.99. The molecule has 1 aliphatic rings. The zero-order valence-electron chi connectivity index (χ0n) is 16.9. The van der Waals surface area contributed by atoms with Gasteiger partial charge in [-0.25, -0.2) is 8.42 Å². The Morgan fingerprint density at radius 2 is 1.82 bits per heavy atom. The van der Waals surface area contributed by atoms with Crippen LogP contribution in [0.3, 0.4) is 0 Å². The Labute approximate surface area is 175 Å². The van der Waals surface area contributed by atoms with Crippen LogP contribution in [0.2, 0.25) is 0 Å². The fourth-order valence-electron chi connectivity index (χ4n) is 3.55. The minimum absolute atomic E-state index is 0. The maximum absolute atomic E-state index is 12.9. The Morgan fingerprint density at radius 1 is 1.21 bits per heavy atom. The van der Waals surface area contributed by atoms with Crippen LogP contribution < -0.4 is 11.1 Å². The number of nitrogens with zero attached hydrogens (tertiary/aromatic N) is 1. The standard InChI is InChI=1S/C20H33N3O3S.ClH/c1-3-4-8-17(15-21)22-20(24)16-11-13-19(14-12-16)27(25,26)23(2)18-9-6-5-7-10-18;/h11-14,17-18H,3-10,15,21H2,1-2H3,(H,22,24);1H. The molecule has 1 aliphatic carbocycles. The Hall–Kier alpha value is -1.15. The molecule has 1 atom stereocenters. The summed E-state index contributed by atoms with van der Waals surface area (Å²) in [6.45, 7) is 2.49. The lowest BCUT2D eigenvalue weighted by molar-refractivity contribution is 0.0935. The van der Waals surface area contributed by atoms with Crippen LogP contribution in [-0.4, -0.2) is 44.3 Å². The average molecular weight is 432 g/mol. The van der Waals surface area contributed by atoms with Gasteiger partial charge in [0.1, 0.15) is 0 Å². The highest BCUT2D eigenvalue weighted by atomic mass is 35.5. The van der Waals surface area contributed by atoms with Gasteiger partial charge in [0, 0.05) is 31.2 Å². The molecule has 0 aromatic heterocycles. The lowest BCUT2D eigenvalue weighted by Crippen LogP contribution is -2.40. The maximum atomic E-state index is 12.9. The molecule has 2 rings (SSSR count). The minimum atomic E-state index is -3.54. The van der Waals surface area contributed by atoms with Crippen LogP contribution >= 0.6 is 12.4 Å². The van der Waals surface area contributed by atoms with E-state index in [1.54, 1.807) is 19.2 Å². The van der Waals surface area contributed by atoms with E-state index in [-0.39, 0.29) is 35.3 Å². The quantitative estimate of drug-likeness (QED) is 0.627. The van der Waals surface area contributed by atoms with Gasteiger partial charge in [-0.05, 0) is 43.5 Å². The van der Waals surface area contributed by atoms with E-state index in [4.69, 9.17) is 5.73 Å². The summed E-state index contributed by atoms with van der Waals surface area (Å²) in [5.74, 6) is -0.217. The molecule has 160 valence electrons. The molecule has 0 spiro atoms. The topological polar surface area (TPSA) is 92.5 Å². The smallest absolute Gasteiger partial charge is 0.251 e. The monoisotopic (exact) mass is 431 g/mol.